The molecule has 42 valence electrons. The fourth-order valence-electron chi connectivity index (χ4n) is 0.400. The van der Waals surface area contributed by atoms with Crippen molar-refractivity contribution in [2.45, 2.75) is 4.90 Å². The summed E-state index contributed by atoms with van der Waals surface area (Å²) in [5.41, 5.74) is 0. The van der Waals surface area contributed by atoms with E-state index in [0.29, 0.717) is 9.63 Å². The van der Waals surface area contributed by atoms with Crippen molar-refractivity contribution < 1.29 is 34.3 Å². The van der Waals surface area contributed by atoms with Gasteiger partial charge in [0.1, 0.15) is 6.20 Å². The molecule has 0 fully saturated rings. The zero-order valence-corrected chi connectivity index (χ0v) is 7.93. The summed E-state index contributed by atoms with van der Waals surface area (Å²) in [4.78, 5) is 0.558. The Morgan fingerprint density at radius 3 is 2.67 bits per heavy atom. The molecule has 0 spiro atoms. The molecule has 1 aromatic rings. The van der Waals surface area contributed by atoms with Gasteiger partial charge in [0, 0.05) is 0 Å². The van der Waals surface area contributed by atoms with Gasteiger partial charge in [-0.2, -0.15) is 12.6 Å². The maximum absolute atomic E-state index is 10.3. The quantitative estimate of drug-likeness (QED) is 0.142. The van der Waals surface area contributed by atoms with Crippen molar-refractivity contribution in [2.24, 2.45) is 0 Å². The maximum atomic E-state index is 10.3. The van der Waals surface area contributed by atoms with E-state index in [1.165, 1.54) is 6.20 Å². The van der Waals surface area contributed by atoms with Gasteiger partial charge in [0.15, 0.2) is 0 Å². The minimum atomic E-state index is 0. The van der Waals surface area contributed by atoms with Crippen LogP contribution in [0.1, 0.15) is 0 Å². The minimum absolute atomic E-state index is 0. The molecule has 0 aliphatic heterocycles. The average Bonchev–Trinajstić information content (AvgIpc) is 1.64. The zero-order valence-electron chi connectivity index (χ0n) is 5.03. The summed E-state index contributed by atoms with van der Waals surface area (Å²) in [6, 6.07) is 3.31. The van der Waals surface area contributed by atoms with Gasteiger partial charge in [-0.15, -0.1) is 12.1 Å². The summed E-state index contributed by atoms with van der Waals surface area (Å²) in [5.74, 6) is 0. The molecule has 0 N–H and O–H groups in total. The van der Waals surface area contributed by atoms with Crippen LogP contribution in [0.3, 0.4) is 0 Å². The van der Waals surface area contributed by atoms with E-state index in [1.807, 2.05) is 0 Å². The predicted molar refractivity (Wildman–Crippen MR) is 31.5 cm³/mol. The number of nitrogens with zero attached hydrogens (tertiary/aromatic N) is 1. The zero-order chi connectivity index (χ0) is 5.98. The molecule has 1 rings (SSSR count). The molecule has 0 atom stereocenters. The van der Waals surface area contributed by atoms with E-state index >= 15 is 0 Å². The van der Waals surface area contributed by atoms with Crippen molar-refractivity contribution in [3.8, 4) is 0 Å². The molecule has 0 radical (unpaired) electrons. The second kappa shape index (κ2) is 4.17. The Morgan fingerprint density at radius 2 is 2.33 bits per heavy atom. The smallest absolute Gasteiger partial charge is 0.640 e. The molecule has 0 saturated heterocycles. The van der Waals surface area contributed by atoms with Crippen LogP contribution in [0.25, 0.3) is 0 Å². The molecule has 2 nitrogen and oxygen atoms in total. The second-order valence-electron chi connectivity index (χ2n) is 1.33. The van der Waals surface area contributed by atoms with Crippen LogP contribution in [0.2, 0.25) is 0 Å². The average molecular weight is 149 g/mol. The summed E-state index contributed by atoms with van der Waals surface area (Å²) in [5, 5.41) is 10.3. The Balaban J connectivity index is 0.000000640. The topological polar surface area (TPSA) is 26.9 Å². The molecular weight excluding hydrogens is 145 g/mol. The number of hydrogen-bond donors (Lipinski definition) is 1. The van der Waals surface area contributed by atoms with Gasteiger partial charge >= 0.3 is 29.6 Å². The largest absolute Gasteiger partial charge is 1.00 e. The first-order valence-corrected chi connectivity index (χ1v) is 2.54. The van der Waals surface area contributed by atoms with Crippen molar-refractivity contribution in [3.63, 3.8) is 0 Å². The van der Waals surface area contributed by atoms with Crippen molar-refractivity contribution in [3.05, 3.63) is 29.7 Å². The van der Waals surface area contributed by atoms with E-state index in [2.05, 4.69) is 18.8 Å². The van der Waals surface area contributed by atoms with E-state index in [-0.39, 0.29) is 29.6 Å². The van der Waals surface area contributed by atoms with Crippen molar-refractivity contribution in [1.82, 2.24) is 0 Å². The fourth-order valence-corrected chi connectivity index (χ4v) is 0.584. The molecule has 0 amide bonds. The van der Waals surface area contributed by atoms with Gasteiger partial charge in [0.25, 0.3) is 0 Å². The standard InChI is InChI=1S/C5H4NOS.Na/c7-6-3-1-2-5(8)4-6;/h1-3,8H;/q-1;+1. The molecule has 0 saturated carbocycles. The molecule has 9 heavy (non-hydrogen) atoms. The fraction of sp³-hybridized carbons (Fsp3) is 0. The molecular formula is C5H4NNaOS. The van der Waals surface area contributed by atoms with Crippen LogP contribution in [-0.4, -0.2) is 0 Å². The summed E-state index contributed by atoms with van der Waals surface area (Å²) in [6.45, 7) is 0. The number of aromatic nitrogens is 1. The maximum Gasteiger partial charge on any atom is 1.00 e. The van der Waals surface area contributed by atoms with Crippen LogP contribution in [0.15, 0.2) is 23.2 Å². The molecule has 0 bridgehead atoms. The Kier molecular flexibility index (Phi) is 4.31. The van der Waals surface area contributed by atoms with Crippen LogP contribution in [-0.2, 0) is 0 Å². The number of hydrogen-bond acceptors (Lipinski definition) is 2. The predicted octanol–water partition coefficient (Wildman–Crippen LogP) is -2.59. The van der Waals surface area contributed by atoms with E-state index in [9.17, 15) is 5.21 Å². The third-order valence-corrected chi connectivity index (χ3v) is 0.949. The van der Waals surface area contributed by atoms with Crippen molar-refractivity contribution >= 4 is 12.6 Å². The van der Waals surface area contributed by atoms with Crippen LogP contribution in [0, 0.1) is 11.4 Å². The van der Waals surface area contributed by atoms with Crippen LogP contribution in [0.4, 0.5) is 0 Å². The van der Waals surface area contributed by atoms with E-state index < -0.39 is 0 Å². The molecule has 0 unspecified atom stereocenters. The first-order chi connectivity index (χ1) is 3.79. The second-order valence-corrected chi connectivity index (χ2v) is 1.81. The van der Waals surface area contributed by atoms with Gasteiger partial charge in [-0.05, 0) is 4.90 Å². The summed E-state index contributed by atoms with van der Waals surface area (Å²) in [6.07, 6.45) is 3.76. The van der Waals surface area contributed by atoms with Gasteiger partial charge in [-0.3, -0.25) is 4.73 Å². The summed E-state index contributed by atoms with van der Waals surface area (Å²) < 4.78 is 0.586. The molecule has 0 aliphatic carbocycles. The third kappa shape index (κ3) is 3.11. The van der Waals surface area contributed by atoms with Gasteiger partial charge in [0.05, 0.1) is 6.20 Å². The van der Waals surface area contributed by atoms with Crippen LogP contribution < -0.4 is 34.3 Å². The first kappa shape index (κ1) is 9.30. The number of rotatable bonds is 0. The minimum Gasteiger partial charge on any atom is -0.640 e. The molecule has 0 aliphatic rings. The van der Waals surface area contributed by atoms with E-state index in [1.54, 1.807) is 12.1 Å². The normalized spacial score (nSPS) is 8.11. The monoisotopic (exact) mass is 149 g/mol. The first-order valence-electron chi connectivity index (χ1n) is 2.09. The van der Waals surface area contributed by atoms with Gasteiger partial charge in [0.2, 0.25) is 0 Å². The molecule has 1 aromatic heterocycles. The summed E-state index contributed by atoms with van der Waals surface area (Å²) in [7, 11) is 0. The number of pyridine rings is 1. The van der Waals surface area contributed by atoms with Gasteiger partial charge in [-0.25, -0.2) is 0 Å². The Morgan fingerprint density at radius 1 is 1.67 bits per heavy atom. The van der Waals surface area contributed by atoms with Crippen LogP contribution in [0.5, 0.6) is 0 Å². The van der Waals surface area contributed by atoms with Gasteiger partial charge < -0.3 is 5.21 Å². The molecule has 1 heterocycles. The Labute approximate surface area is 81.2 Å². The molecule has 0 aromatic carbocycles. The Hall–Kier alpha value is 0.300. The van der Waals surface area contributed by atoms with Crippen LogP contribution >= 0.6 is 12.6 Å². The van der Waals surface area contributed by atoms with Crippen molar-refractivity contribution in [1.29, 1.82) is 0 Å². The summed E-state index contributed by atoms with van der Waals surface area (Å²) >= 11 is 3.88. The Bertz CT molecular complexity index is 177. The number of thiol groups is 1. The van der Waals surface area contributed by atoms with Crippen molar-refractivity contribution in [2.75, 3.05) is 0 Å². The third-order valence-electron chi connectivity index (χ3n) is 0.700. The van der Waals surface area contributed by atoms with Gasteiger partial charge in [-0.1, -0.05) is 0 Å². The van der Waals surface area contributed by atoms with E-state index in [4.69, 9.17) is 0 Å². The molecule has 4 heteroatoms. The SMILES string of the molecule is [Na+].[O-][n+]1[c-]c(S)ccc1. The van der Waals surface area contributed by atoms with E-state index in [0.717, 1.165) is 0 Å².